The molecular formula is C9H11N3O6S. The predicted molar refractivity (Wildman–Crippen MR) is 63.9 cm³/mol. The van der Waals surface area contributed by atoms with Crippen LogP contribution < -0.4 is 10.5 Å². The lowest BCUT2D eigenvalue weighted by atomic mass is 10.3. The third-order valence-corrected chi connectivity index (χ3v) is 3.61. The normalized spacial score (nSPS) is 12.9. The first-order chi connectivity index (χ1) is 8.74. The minimum atomic E-state index is -3.95. The number of carboxylic acids is 1. The Kier molecular flexibility index (Phi) is 4.53. The summed E-state index contributed by atoms with van der Waals surface area (Å²) in [6, 6.07) is 2.80. The number of carbonyl (C=O) groups is 1. The van der Waals surface area contributed by atoms with Gasteiger partial charge in [-0.05, 0) is 12.1 Å². The van der Waals surface area contributed by atoms with Crippen LogP contribution in [0.3, 0.4) is 0 Å². The standard InChI is InChI=1S/C9H11N3O6S/c10-8(9(13)14)5-11-19(17,18)7-3-1-6(2-4-7)12(15)16/h1-4,8,11H,5,10H2,(H,13,14)/t8-/m0/s1. The van der Waals surface area contributed by atoms with Crippen LogP contribution in [-0.4, -0.2) is 37.0 Å². The molecule has 1 aromatic carbocycles. The summed E-state index contributed by atoms with van der Waals surface area (Å²) in [5.41, 5.74) is 4.90. The Bertz CT molecular complexity index is 582. The molecule has 0 bridgehead atoms. The number of nitrogens with one attached hydrogen (secondary N) is 1. The fourth-order valence-corrected chi connectivity index (χ4v) is 2.18. The summed E-state index contributed by atoms with van der Waals surface area (Å²) < 4.78 is 25.4. The highest BCUT2D eigenvalue weighted by Crippen LogP contribution is 2.15. The predicted octanol–water partition coefficient (Wildman–Crippen LogP) is -0.715. The topological polar surface area (TPSA) is 153 Å². The van der Waals surface area contributed by atoms with Gasteiger partial charge in [-0.3, -0.25) is 14.9 Å². The first kappa shape index (κ1) is 15.0. The van der Waals surface area contributed by atoms with E-state index in [4.69, 9.17) is 10.8 Å². The molecule has 104 valence electrons. The van der Waals surface area contributed by atoms with Crippen LogP contribution in [0.5, 0.6) is 0 Å². The summed E-state index contributed by atoms with van der Waals surface area (Å²) in [4.78, 5) is 20.0. The lowest BCUT2D eigenvalue weighted by Crippen LogP contribution is -2.42. The van der Waals surface area contributed by atoms with Crippen molar-refractivity contribution in [2.45, 2.75) is 10.9 Å². The van der Waals surface area contributed by atoms with E-state index in [2.05, 4.69) is 0 Å². The molecule has 19 heavy (non-hydrogen) atoms. The molecule has 0 amide bonds. The molecule has 1 rings (SSSR count). The average Bonchev–Trinajstić information content (AvgIpc) is 2.36. The summed E-state index contributed by atoms with van der Waals surface area (Å²) in [7, 11) is -3.95. The number of hydrogen-bond donors (Lipinski definition) is 3. The zero-order valence-electron chi connectivity index (χ0n) is 9.52. The molecule has 1 aromatic rings. The molecule has 9 nitrogen and oxygen atoms in total. The van der Waals surface area contributed by atoms with Crippen LogP contribution in [0.25, 0.3) is 0 Å². The number of nitrogens with zero attached hydrogens (tertiary/aromatic N) is 1. The lowest BCUT2D eigenvalue weighted by Gasteiger charge is -2.09. The first-order valence-corrected chi connectivity index (χ1v) is 6.45. The van der Waals surface area contributed by atoms with E-state index >= 15 is 0 Å². The Hall–Kier alpha value is -2.04. The second-order valence-corrected chi connectivity index (χ2v) is 5.31. The third-order valence-electron chi connectivity index (χ3n) is 2.17. The third kappa shape index (κ3) is 3.98. The van der Waals surface area contributed by atoms with Gasteiger partial charge in [0, 0.05) is 18.7 Å². The molecule has 0 radical (unpaired) electrons. The van der Waals surface area contributed by atoms with E-state index in [1.165, 1.54) is 0 Å². The fraction of sp³-hybridized carbons (Fsp3) is 0.222. The van der Waals surface area contributed by atoms with Gasteiger partial charge in [0.1, 0.15) is 6.04 Å². The summed E-state index contributed by atoms with van der Waals surface area (Å²) >= 11 is 0. The minimum Gasteiger partial charge on any atom is -0.480 e. The monoisotopic (exact) mass is 289 g/mol. The molecule has 0 aromatic heterocycles. The van der Waals surface area contributed by atoms with E-state index < -0.39 is 33.5 Å². The number of non-ortho nitro benzene ring substituents is 1. The number of sulfonamides is 1. The first-order valence-electron chi connectivity index (χ1n) is 4.96. The van der Waals surface area contributed by atoms with Crippen LogP contribution in [-0.2, 0) is 14.8 Å². The number of hydrogen-bond acceptors (Lipinski definition) is 6. The number of carboxylic acid groups (broad SMARTS) is 1. The Morgan fingerprint density at radius 3 is 2.37 bits per heavy atom. The van der Waals surface area contributed by atoms with Crippen LogP contribution in [0.15, 0.2) is 29.2 Å². The van der Waals surface area contributed by atoms with Gasteiger partial charge in [-0.15, -0.1) is 0 Å². The van der Waals surface area contributed by atoms with Gasteiger partial charge in [0.25, 0.3) is 5.69 Å². The lowest BCUT2D eigenvalue weighted by molar-refractivity contribution is -0.384. The van der Waals surface area contributed by atoms with Gasteiger partial charge >= 0.3 is 5.97 Å². The maximum atomic E-state index is 11.7. The van der Waals surface area contributed by atoms with Crippen molar-refractivity contribution in [3.63, 3.8) is 0 Å². The average molecular weight is 289 g/mol. The van der Waals surface area contributed by atoms with Gasteiger partial charge in [0.05, 0.1) is 9.82 Å². The smallest absolute Gasteiger partial charge is 0.321 e. The maximum Gasteiger partial charge on any atom is 0.321 e. The van der Waals surface area contributed by atoms with Crippen LogP contribution in [0.2, 0.25) is 0 Å². The SMILES string of the molecule is N[C@@H](CNS(=O)(=O)c1ccc([N+](=O)[O-])cc1)C(=O)O. The Balaban J connectivity index is 2.83. The van der Waals surface area contributed by atoms with Crippen molar-refractivity contribution < 1.29 is 23.2 Å². The van der Waals surface area contributed by atoms with Crippen molar-refractivity contribution in [3.8, 4) is 0 Å². The number of nitro benzene ring substituents is 1. The molecule has 10 heteroatoms. The van der Waals surface area contributed by atoms with E-state index in [0.29, 0.717) is 0 Å². The molecule has 1 atom stereocenters. The molecule has 0 aliphatic heterocycles. The van der Waals surface area contributed by atoms with Crippen molar-refractivity contribution in [1.82, 2.24) is 4.72 Å². The van der Waals surface area contributed by atoms with Crippen molar-refractivity contribution >= 4 is 21.7 Å². The molecule has 0 unspecified atom stereocenters. The van der Waals surface area contributed by atoms with Crippen LogP contribution >= 0.6 is 0 Å². The van der Waals surface area contributed by atoms with E-state index in [9.17, 15) is 23.3 Å². The largest absolute Gasteiger partial charge is 0.480 e. The summed E-state index contributed by atoms with van der Waals surface area (Å²) in [5, 5.41) is 18.9. The van der Waals surface area contributed by atoms with Crippen molar-refractivity contribution in [2.75, 3.05) is 6.54 Å². The number of rotatable bonds is 6. The van der Waals surface area contributed by atoms with Gasteiger partial charge in [-0.25, -0.2) is 13.1 Å². The van der Waals surface area contributed by atoms with E-state index in [1.807, 2.05) is 4.72 Å². The highest BCUT2D eigenvalue weighted by Gasteiger charge is 2.19. The van der Waals surface area contributed by atoms with Crippen molar-refractivity contribution in [1.29, 1.82) is 0 Å². The molecule has 0 aliphatic rings. The van der Waals surface area contributed by atoms with E-state index in [0.717, 1.165) is 24.3 Å². The van der Waals surface area contributed by atoms with Crippen molar-refractivity contribution in [3.05, 3.63) is 34.4 Å². The molecule has 0 fully saturated rings. The molecular weight excluding hydrogens is 278 g/mol. The quantitative estimate of drug-likeness (QED) is 0.461. The fourth-order valence-electron chi connectivity index (χ4n) is 1.12. The number of aliphatic carboxylic acids is 1. The van der Waals surface area contributed by atoms with Gasteiger partial charge in [0.2, 0.25) is 10.0 Å². The number of nitro groups is 1. The molecule has 0 heterocycles. The van der Waals surface area contributed by atoms with E-state index in [1.54, 1.807) is 0 Å². The molecule has 0 saturated heterocycles. The van der Waals surface area contributed by atoms with Gasteiger partial charge in [0.15, 0.2) is 0 Å². The van der Waals surface area contributed by atoms with Crippen LogP contribution in [0.1, 0.15) is 0 Å². The zero-order valence-corrected chi connectivity index (χ0v) is 10.3. The summed E-state index contributed by atoms with van der Waals surface area (Å²) in [6.45, 7) is -0.478. The highest BCUT2D eigenvalue weighted by molar-refractivity contribution is 7.89. The number of nitrogens with two attached hydrogens (primary N) is 1. The zero-order chi connectivity index (χ0) is 14.6. The molecule has 0 spiro atoms. The van der Waals surface area contributed by atoms with Gasteiger partial charge < -0.3 is 10.8 Å². The molecule has 0 aliphatic carbocycles. The van der Waals surface area contributed by atoms with Gasteiger partial charge in [-0.1, -0.05) is 0 Å². The van der Waals surface area contributed by atoms with Crippen LogP contribution in [0, 0.1) is 10.1 Å². The minimum absolute atomic E-state index is 0.212. The van der Waals surface area contributed by atoms with E-state index in [-0.39, 0.29) is 10.6 Å². The molecule has 4 N–H and O–H groups in total. The van der Waals surface area contributed by atoms with Crippen LogP contribution in [0.4, 0.5) is 5.69 Å². The second-order valence-electron chi connectivity index (χ2n) is 3.55. The van der Waals surface area contributed by atoms with Crippen molar-refractivity contribution in [2.24, 2.45) is 5.73 Å². The molecule has 0 saturated carbocycles. The Labute approximate surface area is 108 Å². The highest BCUT2D eigenvalue weighted by atomic mass is 32.2. The second kappa shape index (κ2) is 5.73. The Morgan fingerprint density at radius 1 is 1.42 bits per heavy atom. The summed E-state index contributed by atoms with van der Waals surface area (Å²) in [6.07, 6.45) is 0. The number of benzene rings is 1. The Morgan fingerprint density at radius 2 is 1.95 bits per heavy atom. The van der Waals surface area contributed by atoms with Gasteiger partial charge in [-0.2, -0.15) is 0 Å². The summed E-state index contributed by atoms with van der Waals surface area (Å²) in [5.74, 6) is -1.34. The maximum absolute atomic E-state index is 11.7.